The predicted octanol–water partition coefficient (Wildman–Crippen LogP) is 1.18. The molecular formula is C21H21N3O5. The molecule has 1 aromatic carbocycles. The normalized spacial score (nSPS) is 16.3. The molecule has 1 fully saturated rings. The lowest BCUT2D eigenvalue weighted by atomic mass is 10.1. The van der Waals surface area contributed by atoms with E-state index in [9.17, 15) is 19.2 Å². The van der Waals surface area contributed by atoms with Crippen LogP contribution in [-0.2, 0) is 16.0 Å². The maximum atomic E-state index is 12.6. The Kier molecular flexibility index (Phi) is 5.16. The van der Waals surface area contributed by atoms with Crippen molar-refractivity contribution in [1.29, 1.82) is 0 Å². The van der Waals surface area contributed by atoms with E-state index in [0.717, 1.165) is 10.7 Å². The number of rotatable bonds is 5. The van der Waals surface area contributed by atoms with Gasteiger partial charge in [0.2, 0.25) is 11.8 Å². The van der Waals surface area contributed by atoms with Crippen LogP contribution < -0.4 is 0 Å². The molecule has 8 heteroatoms. The van der Waals surface area contributed by atoms with Crippen molar-refractivity contribution < 1.29 is 23.6 Å². The van der Waals surface area contributed by atoms with Gasteiger partial charge in [-0.3, -0.25) is 24.1 Å². The Morgan fingerprint density at radius 1 is 0.828 bits per heavy atom. The van der Waals surface area contributed by atoms with Crippen LogP contribution in [-0.4, -0.2) is 71.1 Å². The van der Waals surface area contributed by atoms with Gasteiger partial charge in [-0.2, -0.15) is 0 Å². The van der Waals surface area contributed by atoms with Gasteiger partial charge in [-0.25, -0.2) is 0 Å². The molecular weight excluding hydrogens is 374 g/mol. The first-order valence-electron chi connectivity index (χ1n) is 9.58. The van der Waals surface area contributed by atoms with Gasteiger partial charge in [0.05, 0.1) is 17.4 Å². The maximum Gasteiger partial charge on any atom is 0.262 e. The highest BCUT2D eigenvalue weighted by atomic mass is 16.3. The summed E-state index contributed by atoms with van der Waals surface area (Å²) in [6.45, 7) is 1.36. The quantitative estimate of drug-likeness (QED) is 0.709. The number of fused-ring (bicyclic) bond motifs is 1. The van der Waals surface area contributed by atoms with Crippen LogP contribution in [0.3, 0.4) is 0 Å². The minimum Gasteiger partial charge on any atom is -0.469 e. The molecule has 1 aromatic heterocycles. The largest absolute Gasteiger partial charge is 0.469 e. The summed E-state index contributed by atoms with van der Waals surface area (Å²) < 4.78 is 5.24. The molecule has 0 spiro atoms. The molecule has 2 aliphatic rings. The summed E-state index contributed by atoms with van der Waals surface area (Å²) in [6.07, 6.45) is 2.49. The molecule has 0 aliphatic carbocycles. The Labute approximate surface area is 167 Å². The Morgan fingerprint density at radius 2 is 1.41 bits per heavy atom. The third kappa shape index (κ3) is 3.78. The van der Waals surface area contributed by atoms with Crippen molar-refractivity contribution in [2.75, 3.05) is 32.7 Å². The second-order valence-corrected chi connectivity index (χ2v) is 7.08. The minimum absolute atomic E-state index is 0.0221. The van der Waals surface area contributed by atoms with Crippen molar-refractivity contribution in [3.8, 4) is 0 Å². The van der Waals surface area contributed by atoms with Crippen LogP contribution in [0.1, 0.15) is 32.9 Å². The molecule has 8 nitrogen and oxygen atoms in total. The van der Waals surface area contributed by atoms with Crippen LogP contribution in [0.15, 0.2) is 47.1 Å². The lowest BCUT2D eigenvalue weighted by Crippen LogP contribution is -2.53. The van der Waals surface area contributed by atoms with Gasteiger partial charge in [-0.05, 0) is 24.3 Å². The van der Waals surface area contributed by atoms with Crippen LogP contribution >= 0.6 is 0 Å². The van der Waals surface area contributed by atoms with Crippen molar-refractivity contribution in [3.63, 3.8) is 0 Å². The number of amides is 4. The number of nitrogens with zero attached hydrogens (tertiary/aromatic N) is 3. The van der Waals surface area contributed by atoms with E-state index in [2.05, 4.69) is 0 Å². The van der Waals surface area contributed by atoms with Crippen molar-refractivity contribution in [3.05, 3.63) is 59.5 Å². The highest BCUT2D eigenvalue weighted by molar-refractivity contribution is 6.22. The monoisotopic (exact) mass is 395 g/mol. The number of hydrogen-bond donors (Lipinski definition) is 0. The number of carbonyl (C=O) groups is 4. The molecule has 0 atom stereocenters. The zero-order valence-electron chi connectivity index (χ0n) is 15.9. The number of benzene rings is 1. The Balaban J connectivity index is 1.28. The number of aryl methyl sites for hydroxylation is 1. The SMILES string of the molecule is O=C(CCc1ccco1)N1CCN(C(=O)CN2C(=O)c3ccccc3C2=O)CC1. The number of piperazine rings is 1. The van der Waals surface area contributed by atoms with Gasteiger partial charge in [-0.1, -0.05) is 12.1 Å². The number of carbonyl (C=O) groups excluding carboxylic acids is 4. The molecule has 3 heterocycles. The van der Waals surface area contributed by atoms with Crippen molar-refractivity contribution in [2.45, 2.75) is 12.8 Å². The van der Waals surface area contributed by atoms with Crippen molar-refractivity contribution >= 4 is 23.6 Å². The fourth-order valence-corrected chi connectivity index (χ4v) is 3.67. The van der Waals surface area contributed by atoms with E-state index in [-0.39, 0.29) is 18.4 Å². The first-order chi connectivity index (χ1) is 14.0. The topological polar surface area (TPSA) is 91.1 Å². The summed E-state index contributed by atoms with van der Waals surface area (Å²) in [4.78, 5) is 54.1. The first kappa shape index (κ1) is 18.9. The molecule has 4 rings (SSSR count). The average Bonchev–Trinajstić information content (AvgIpc) is 3.35. The second-order valence-electron chi connectivity index (χ2n) is 7.08. The molecule has 4 amide bonds. The summed E-state index contributed by atoms with van der Waals surface area (Å²) in [7, 11) is 0. The second kappa shape index (κ2) is 7.90. The van der Waals surface area contributed by atoms with E-state index in [1.807, 2.05) is 6.07 Å². The molecule has 0 radical (unpaired) electrons. The third-order valence-corrected chi connectivity index (χ3v) is 5.32. The highest BCUT2D eigenvalue weighted by Gasteiger charge is 2.37. The maximum absolute atomic E-state index is 12.6. The number of hydrogen-bond acceptors (Lipinski definition) is 5. The fraction of sp³-hybridized carbons (Fsp3) is 0.333. The Bertz CT molecular complexity index is 910. The van der Waals surface area contributed by atoms with E-state index in [4.69, 9.17) is 4.42 Å². The van der Waals surface area contributed by atoms with Gasteiger partial charge >= 0.3 is 0 Å². The molecule has 1 saturated heterocycles. The van der Waals surface area contributed by atoms with Crippen LogP contribution in [0, 0.1) is 0 Å². The summed E-state index contributed by atoms with van der Waals surface area (Å²) in [6, 6.07) is 10.2. The van der Waals surface area contributed by atoms with Crippen LogP contribution in [0.2, 0.25) is 0 Å². The highest BCUT2D eigenvalue weighted by Crippen LogP contribution is 2.22. The van der Waals surface area contributed by atoms with Gasteiger partial charge in [0.1, 0.15) is 12.3 Å². The average molecular weight is 395 g/mol. The van der Waals surface area contributed by atoms with E-state index in [1.165, 1.54) is 0 Å². The Morgan fingerprint density at radius 3 is 1.97 bits per heavy atom. The molecule has 29 heavy (non-hydrogen) atoms. The van der Waals surface area contributed by atoms with E-state index in [1.54, 1.807) is 46.4 Å². The molecule has 0 saturated carbocycles. The number of imide groups is 1. The minimum atomic E-state index is -0.439. The smallest absolute Gasteiger partial charge is 0.262 e. The fourth-order valence-electron chi connectivity index (χ4n) is 3.67. The van der Waals surface area contributed by atoms with E-state index < -0.39 is 11.8 Å². The van der Waals surface area contributed by atoms with E-state index >= 15 is 0 Å². The number of furan rings is 1. The lowest BCUT2D eigenvalue weighted by Gasteiger charge is -2.35. The van der Waals surface area contributed by atoms with Gasteiger partial charge in [0.15, 0.2) is 0 Å². The summed E-state index contributed by atoms with van der Waals surface area (Å²) in [5.74, 6) is -0.375. The van der Waals surface area contributed by atoms with Gasteiger partial charge < -0.3 is 14.2 Å². The molecule has 0 bridgehead atoms. The molecule has 0 N–H and O–H groups in total. The molecule has 0 unspecified atom stereocenters. The summed E-state index contributed by atoms with van der Waals surface area (Å²) >= 11 is 0. The van der Waals surface area contributed by atoms with Crippen LogP contribution in [0.5, 0.6) is 0 Å². The van der Waals surface area contributed by atoms with Crippen molar-refractivity contribution in [1.82, 2.24) is 14.7 Å². The zero-order valence-corrected chi connectivity index (χ0v) is 15.9. The lowest BCUT2D eigenvalue weighted by molar-refractivity contribution is -0.139. The Hall–Kier alpha value is -3.42. The third-order valence-electron chi connectivity index (χ3n) is 5.32. The first-order valence-corrected chi connectivity index (χ1v) is 9.58. The van der Waals surface area contributed by atoms with Crippen LogP contribution in [0.4, 0.5) is 0 Å². The van der Waals surface area contributed by atoms with Crippen LogP contribution in [0.25, 0.3) is 0 Å². The zero-order chi connectivity index (χ0) is 20.4. The summed E-state index contributed by atoms with van der Waals surface area (Å²) in [5.41, 5.74) is 0.662. The van der Waals surface area contributed by atoms with E-state index in [0.29, 0.717) is 50.1 Å². The molecule has 150 valence electrons. The van der Waals surface area contributed by atoms with Gasteiger partial charge in [0.25, 0.3) is 11.8 Å². The van der Waals surface area contributed by atoms with Gasteiger partial charge in [0, 0.05) is 39.0 Å². The molecule has 2 aliphatic heterocycles. The standard InChI is InChI=1S/C21H21N3O5/c25-18(8-7-15-4-3-13-29-15)22-9-11-23(12-10-22)19(26)14-24-20(27)16-5-1-2-6-17(16)21(24)28/h1-6,13H,7-12,14H2. The van der Waals surface area contributed by atoms with Crippen molar-refractivity contribution in [2.24, 2.45) is 0 Å². The van der Waals surface area contributed by atoms with Gasteiger partial charge in [-0.15, -0.1) is 0 Å². The summed E-state index contributed by atoms with van der Waals surface area (Å²) in [5, 5.41) is 0. The molecule has 2 aromatic rings. The predicted molar refractivity (Wildman–Crippen MR) is 102 cm³/mol.